The van der Waals surface area contributed by atoms with Crippen molar-refractivity contribution in [3.05, 3.63) is 106 Å². The molecule has 0 saturated carbocycles. The molecule has 2 atom stereocenters. The van der Waals surface area contributed by atoms with E-state index >= 15 is 0 Å². The summed E-state index contributed by atoms with van der Waals surface area (Å²) in [7, 11) is -20.2. The van der Waals surface area contributed by atoms with Crippen LogP contribution in [0.15, 0.2) is 113 Å². The Morgan fingerprint density at radius 3 is 1.18 bits per heavy atom. The van der Waals surface area contributed by atoms with E-state index < -0.39 is 82.9 Å². The molecule has 0 amide bonds. The van der Waals surface area contributed by atoms with E-state index in [4.69, 9.17) is 11.5 Å². The third-order valence-electron chi connectivity index (χ3n) is 8.75. The Hall–Kier alpha value is -1.54. The summed E-state index contributed by atoms with van der Waals surface area (Å²) >= 11 is 0. The van der Waals surface area contributed by atoms with Crippen LogP contribution in [0.1, 0.15) is 33.4 Å². The van der Waals surface area contributed by atoms with Gasteiger partial charge in [0.25, 0.3) is 0 Å². The van der Waals surface area contributed by atoms with Gasteiger partial charge in [-0.25, -0.2) is 33.7 Å². The van der Waals surface area contributed by atoms with Gasteiger partial charge in [-0.05, 0) is 82.9 Å². The molecule has 0 aliphatic heterocycles. The van der Waals surface area contributed by atoms with Crippen LogP contribution in [-0.4, -0.2) is 73.4 Å². The molecule has 20 nitrogen and oxygen atoms in total. The molecule has 28 heteroatoms. The number of hydrogen-bond donors (Lipinski definition) is 4. The summed E-state index contributed by atoms with van der Waals surface area (Å²) in [5.74, 6) is -1.08. The first-order valence-corrected chi connectivity index (χ1v) is 21.7. The van der Waals surface area contributed by atoms with Crippen molar-refractivity contribution in [2.75, 3.05) is 0 Å². The molecule has 0 fully saturated rings. The minimum atomic E-state index is -5.22. The predicted octanol–water partition coefficient (Wildman–Crippen LogP) is -9.08. The summed E-state index contributed by atoms with van der Waals surface area (Å²) < 4.78 is 142. The number of azo groups is 2. The van der Waals surface area contributed by atoms with Gasteiger partial charge in [0.2, 0.25) is 0 Å². The zero-order valence-corrected chi connectivity index (χ0v) is 44.3. The smallest absolute Gasteiger partial charge is 0.744 e. The van der Waals surface area contributed by atoms with Gasteiger partial charge in [0.1, 0.15) is 52.0 Å². The first-order chi connectivity index (χ1) is 26.7. The molecule has 2 aliphatic rings. The predicted molar refractivity (Wildman–Crippen MR) is 198 cm³/mol. The van der Waals surface area contributed by atoms with Crippen LogP contribution >= 0.6 is 0 Å². The largest absolute Gasteiger partial charge is 1.00 e. The van der Waals surface area contributed by atoms with Crippen molar-refractivity contribution in [3.8, 4) is 11.5 Å². The van der Waals surface area contributed by atoms with Gasteiger partial charge in [-0.1, -0.05) is 36.4 Å². The van der Waals surface area contributed by atoms with Gasteiger partial charge < -0.3 is 39.9 Å². The average Bonchev–Trinajstić information content (AvgIpc) is 3.11. The molecule has 0 saturated heterocycles. The number of rotatable bonds is 10. The van der Waals surface area contributed by atoms with Crippen LogP contribution in [0.3, 0.4) is 0 Å². The zero-order chi connectivity index (χ0) is 42.6. The fraction of sp³-hybridized carbons (Fsp3) is 0.118. The number of hydrogen-bond acceptors (Lipinski definition) is 20. The quantitative estimate of drug-likeness (QED) is 0.0496. The van der Waals surface area contributed by atoms with Crippen LogP contribution in [0.5, 0.6) is 11.5 Å². The minimum absolute atomic E-state index is 0. The number of nitrogens with zero attached hydrogens (tertiary/aromatic N) is 4. The number of aromatic hydroxyl groups is 2. The number of benzene rings is 4. The Kier molecular flexibility index (Phi) is 19.1. The van der Waals surface area contributed by atoms with Crippen molar-refractivity contribution >= 4 is 76.2 Å². The zero-order valence-electron chi connectivity index (χ0n) is 33.0. The first kappa shape index (κ1) is 56.6. The Labute approximate surface area is 444 Å². The summed E-state index contributed by atoms with van der Waals surface area (Å²) in [6.07, 6.45) is 6.86. The summed E-state index contributed by atoms with van der Waals surface area (Å²) in [6, 6.07) is 10.1. The maximum Gasteiger partial charge on any atom is 1.00 e. The van der Waals surface area contributed by atoms with Crippen molar-refractivity contribution < 1.29 is 180 Å². The number of nitrogens with two attached hydrogens (primary N) is 2. The van der Waals surface area contributed by atoms with Crippen LogP contribution in [0.25, 0.3) is 24.3 Å². The van der Waals surface area contributed by atoms with Crippen LogP contribution in [-0.2, 0) is 53.3 Å². The molecule has 2 aliphatic carbocycles. The molecule has 6 rings (SSSR count). The van der Waals surface area contributed by atoms with Gasteiger partial charge in [-0.15, -0.1) is 0 Å². The van der Waals surface area contributed by atoms with Crippen molar-refractivity contribution in [2.24, 2.45) is 31.9 Å². The molecule has 2 unspecified atom stereocenters. The van der Waals surface area contributed by atoms with Crippen molar-refractivity contribution in [1.29, 1.82) is 0 Å². The van der Waals surface area contributed by atoms with Crippen molar-refractivity contribution in [2.45, 2.75) is 43.7 Å². The summed E-state index contributed by atoms with van der Waals surface area (Å²) in [5, 5.41) is 36.6. The molecule has 0 heterocycles. The maximum absolute atomic E-state index is 12.3. The average molecular weight is 963 g/mol. The van der Waals surface area contributed by atoms with Crippen LogP contribution < -0.4 is 130 Å². The van der Waals surface area contributed by atoms with Gasteiger partial charge in [0, 0.05) is 24.0 Å². The third-order valence-corrected chi connectivity index (χ3v) is 12.2. The van der Waals surface area contributed by atoms with Gasteiger partial charge in [0.15, 0.2) is 11.3 Å². The van der Waals surface area contributed by atoms with Gasteiger partial charge in [0.05, 0.1) is 31.0 Å². The molecule has 6 N–H and O–H groups in total. The molecule has 0 radical (unpaired) electrons. The van der Waals surface area contributed by atoms with Gasteiger partial charge in [-0.3, -0.25) is 0 Å². The van der Waals surface area contributed by atoms with Crippen LogP contribution in [0.4, 0.5) is 11.4 Å². The Bertz CT molecular complexity index is 2840. The van der Waals surface area contributed by atoms with E-state index in [1.807, 2.05) is 0 Å². The maximum atomic E-state index is 12.3. The van der Waals surface area contributed by atoms with E-state index in [0.717, 1.165) is 60.7 Å². The second-order valence-corrected chi connectivity index (χ2v) is 18.5. The Morgan fingerprint density at radius 1 is 0.532 bits per heavy atom. The van der Waals surface area contributed by atoms with E-state index in [-0.39, 0.29) is 176 Å². The van der Waals surface area contributed by atoms with Crippen LogP contribution in [0, 0.1) is 0 Å². The summed E-state index contributed by atoms with van der Waals surface area (Å²) in [4.78, 5) is -2.96. The van der Waals surface area contributed by atoms with Gasteiger partial charge in [-0.2, -0.15) is 20.5 Å². The fourth-order valence-corrected chi connectivity index (χ4v) is 8.36. The Balaban J connectivity index is 0.00000331. The SMILES string of the molecule is NC1(N=Nc2ccc(C=Cc3ccc(N=NC4(N)C=Cc5cc(S(=O)(=O)[O-])cc(O)c5C4)cc3S(=O)(=O)[O-])c(S(=O)(=O)[O-])c2)C=Cc2cc(S(=O)(=O)[O-])cc(O)c2C1.[Na+].[Na+].[Na+].[Na+]. The standard InChI is InChI=1S/C34H30N6O14S4.4Na/c35-33(9-7-21-11-25(55(43,44)45)15-29(41)27(21)17-33)39-37-23-5-3-19(31(13-23)57(49,50)51)1-2-20-4-6-24(14-32(20)58(52,53)54)38-40-34(36)10-8-22-12-26(56(46,47)48)16-30(42)28(22)18-34;;;;/h1-16,41-42H,17-18,35-36H2,(H,43,44,45)(H,46,47,48)(H,49,50,51)(H,52,53,54);;;;/q;4*+1/p-4. The molecule has 0 bridgehead atoms. The van der Waals surface area contributed by atoms with Gasteiger partial charge >= 0.3 is 118 Å². The normalized spacial score (nSPS) is 18.6. The third kappa shape index (κ3) is 13.5. The molecular weight excluding hydrogens is 937 g/mol. The minimum Gasteiger partial charge on any atom is -0.744 e. The molecule has 4 aromatic rings. The Morgan fingerprint density at radius 2 is 0.871 bits per heavy atom. The number of phenols is 2. The van der Waals surface area contributed by atoms with Crippen LogP contribution in [0.2, 0.25) is 0 Å². The first-order valence-electron chi connectivity index (χ1n) is 16.1. The number of fused-ring (bicyclic) bond motifs is 2. The topological polar surface area (TPSA) is 371 Å². The second kappa shape index (κ2) is 21.0. The number of phenolic OH excluding ortho intramolecular Hbond substituents is 2. The second-order valence-electron chi connectivity index (χ2n) is 13.0. The summed E-state index contributed by atoms with van der Waals surface area (Å²) in [5.41, 5.74) is 9.10. The molecule has 0 spiro atoms. The van der Waals surface area contributed by atoms with E-state index in [1.54, 1.807) is 0 Å². The van der Waals surface area contributed by atoms with Crippen molar-refractivity contribution in [3.63, 3.8) is 0 Å². The molecule has 62 heavy (non-hydrogen) atoms. The van der Waals surface area contributed by atoms with Crippen molar-refractivity contribution in [1.82, 2.24) is 0 Å². The molecule has 0 aromatic heterocycles. The molecule has 4 aromatic carbocycles. The molecular formula is C34H26N6Na4O14S4. The van der Waals surface area contributed by atoms with E-state index in [1.165, 1.54) is 36.4 Å². The molecule has 304 valence electrons. The summed E-state index contributed by atoms with van der Waals surface area (Å²) in [6.45, 7) is 0. The van der Waals surface area contributed by atoms with E-state index in [2.05, 4.69) is 20.5 Å². The monoisotopic (exact) mass is 962 g/mol. The fourth-order valence-electron chi connectivity index (χ4n) is 5.92. The van der Waals surface area contributed by atoms with E-state index in [0.29, 0.717) is 0 Å². The van der Waals surface area contributed by atoms with E-state index in [9.17, 15) is 62.1 Å².